The number of carboxylic acid groups (broad SMARTS) is 1. The van der Waals surface area contributed by atoms with Crippen molar-refractivity contribution in [2.45, 2.75) is 78.3 Å². The van der Waals surface area contributed by atoms with Gasteiger partial charge in [0.15, 0.2) is 0 Å². The zero-order valence-corrected chi connectivity index (χ0v) is 14.9. The van der Waals surface area contributed by atoms with Gasteiger partial charge in [-0.05, 0) is 51.6 Å². The summed E-state index contributed by atoms with van der Waals surface area (Å²) in [5.74, 6) is -0.0873. The minimum atomic E-state index is -0.766. The molecule has 0 aromatic rings. The zero-order chi connectivity index (χ0) is 16.5. The fraction of sp³-hybridized carbons (Fsp3) is 0.941. The first-order chi connectivity index (χ1) is 9.86. The largest absolute Gasteiger partial charge is 0.480 e. The summed E-state index contributed by atoms with van der Waals surface area (Å²) in [6.45, 7) is 13.0. The quantitative estimate of drug-likeness (QED) is 0.580. The highest BCUT2D eigenvalue weighted by Gasteiger charge is 2.34. The van der Waals surface area contributed by atoms with Gasteiger partial charge in [0.2, 0.25) is 0 Å². The van der Waals surface area contributed by atoms with Crippen LogP contribution in [-0.2, 0) is 4.79 Å². The van der Waals surface area contributed by atoms with E-state index in [0.717, 1.165) is 32.4 Å². The fourth-order valence-electron chi connectivity index (χ4n) is 3.12. The Bertz CT molecular complexity index is 285. The molecule has 0 spiro atoms. The van der Waals surface area contributed by atoms with Gasteiger partial charge < -0.3 is 15.3 Å². The summed E-state index contributed by atoms with van der Waals surface area (Å²) < 4.78 is 0. The molecule has 0 amide bonds. The molecule has 0 aromatic carbocycles. The average Bonchev–Trinajstić information content (AvgIpc) is 2.44. The summed E-state index contributed by atoms with van der Waals surface area (Å²) in [4.78, 5) is 14.1. The molecule has 0 heterocycles. The van der Waals surface area contributed by atoms with Crippen LogP contribution in [0.3, 0.4) is 0 Å². The van der Waals surface area contributed by atoms with Crippen molar-refractivity contribution in [3.8, 4) is 0 Å². The lowest BCUT2D eigenvalue weighted by Gasteiger charge is -2.34. The van der Waals surface area contributed by atoms with Crippen LogP contribution in [0.25, 0.3) is 0 Å². The number of hydrogen-bond acceptors (Lipinski definition) is 3. The smallest absolute Gasteiger partial charge is 0.323 e. The Labute approximate surface area is 131 Å². The van der Waals surface area contributed by atoms with E-state index in [1.165, 1.54) is 0 Å². The van der Waals surface area contributed by atoms with Crippen molar-refractivity contribution < 1.29 is 9.90 Å². The maximum atomic E-state index is 11.5. The molecule has 0 aliphatic heterocycles. The summed E-state index contributed by atoms with van der Waals surface area (Å²) in [7, 11) is 1.75. The molecule has 0 bridgehead atoms. The minimum absolute atomic E-state index is 0.614. The topological polar surface area (TPSA) is 52.6 Å². The summed E-state index contributed by atoms with van der Waals surface area (Å²) >= 11 is 0. The third kappa shape index (κ3) is 6.35. The molecule has 2 N–H and O–H groups in total. The SMILES string of the molecule is CCC(CC)N(CCCC(CC)(NC)C(=O)O)CC(C)C. The highest BCUT2D eigenvalue weighted by Crippen LogP contribution is 2.19. The van der Waals surface area contributed by atoms with Crippen LogP contribution in [0.1, 0.15) is 66.7 Å². The van der Waals surface area contributed by atoms with Crippen molar-refractivity contribution in [3.63, 3.8) is 0 Å². The van der Waals surface area contributed by atoms with Gasteiger partial charge in [-0.3, -0.25) is 4.79 Å². The molecule has 1 atom stereocenters. The Morgan fingerprint density at radius 3 is 2.14 bits per heavy atom. The molecule has 4 heteroatoms. The van der Waals surface area contributed by atoms with E-state index in [-0.39, 0.29) is 0 Å². The summed E-state index contributed by atoms with van der Waals surface area (Å²) in [6, 6.07) is 0.614. The molecule has 0 aliphatic rings. The maximum absolute atomic E-state index is 11.5. The van der Waals surface area contributed by atoms with Gasteiger partial charge in [-0.1, -0.05) is 34.6 Å². The van der Waals surface area contributed by atoms with Gasteiger partial charge >= 0.3 is 5.97 Å². The molecule has 0 aromatic heterocycles. The predicted molar refractivity (Wildman–Crippen MR) is 89.7 cm³/mol. The second kappa shape index (κ2) is 10.2. The second-order valence-corrected chi connectivity index (χ2v) is 6.45. The van der Waals surface area contributed by atoms with Crippen LogP contribution in [0.2, 0.25) is 0 Å². The van der Waals surface area contributed by atoms with Crippen LogP contribution in [0.5, 0.6) is 0 Å². The summed E-state index contributed by atoms with van der Waals surface area (Å²) in [6.07, 6.45) is 4.54. The van der Waals surface area contributed by atoms with Gasteiger partial charge in [0.1, 0.15) is 5.54 Å². The first kappa shape index (κ1) is 20.4. The lowest BCUT2D eigenvalue weighted by Crippen LogP contribution is -2.50. The van der Waals surface area contributed by atoms with Crippen LogP contribution in [0, 0.1) is 5.92 Å². The molecule has 0 rings (SSSR count). The van der Waals surface area contributed by atoms with E-state index in [4.69, 9.17) is 0 Å². The first-order valence-corrected chi connectivity index (χ1v) is 8.53. The number of rotatable bonds is 12. The summed E-state index contributed by atoms with van der Waals surface area (Å²) in [5, 5.41) is 12.5. The third-order valence-corrected chi connectivity index (χ3v) is 4.60. The number of likely N-dealkylation sites (N-methyl/N-ethyl adjacent to an activating group) is 1. The van der Waals surface area contributed by atoms with E-state index >= 15 is 0 Å². The Morgan fingerprint density at radius 2 is 1.81 bits per heavy atom. The van der Waals surface area contributed by atoms with Crippen LogP contribution >= 0.6 is 0 Å². The predicted octanol–water partition coefficient (Wildman–Crippen LogP) is 3.37. The van der Waals surface area contributed by atoms with Gasteiger partial charge in [0, 0.05) is 12.6 Å². The number of carbonyl (C=O) groups is 1. The minimum Gasteiger partial charge on any atom is -0.480 e. The highest BCUT2D eigenvalue weighted by atomic mass is 16.4. The number of carboxylic acids is 1. The molecule has 0 radical (unpaired) electrons. The van der Waals surface area contributed by atoms with Crippen LogP contribution in [0.15, 0.2) is 0 Å². The Balaban J connectivity index is 4.63. The molecule has 0 saturated carbocycles. The molecule has 21 heavy (non-hydrogen) atoms. The lowest BCUT2D eigenvalue weighted by molar-refractivity contribution is -0.145. The molecule has 0 fully saturated rings. The van der Waals surface area contributed by atoms with Crippen molar-refractivity contribution in [2.24, 2.45) is 5.92 Å². The molecular formula is C17H36N2O2. The van der Waals surface area contributed by atoms with Crippen LogP contribution in [0.4, 0.5) is 0 Å². The monoisotopic (exact) mass is 300 g/mol. The second-order valence-electron chi connectivity index (χ2n) is 6.45. The molecule has 1 unspecified atom stereocenters. The van der Waals surface area contributed by atoms with Crippen molar-refractivity contribution >= 4 is 5.97 Å². The fourth-order valence-corrected chi connectivity index (χ4v) is 3.12. The lowest BCUT2D eigenvalue weighted by atomic mass is 9.90. The van der Waals surface area contributed by atoms with E-state index < -0.39 is 11.5 Å². The highest BCUT2D eigenvalue weighted by molar-refractivity contribution is 5.78. The molecule has 126 valence electrons. The van der Waals surface area contributed by atoms with Crippen molar-refractivity contribution in [3.05, 3.63) is 0 Å². The van der Waals surface area contributed by atoms with Crippen LogP contribution < -0.4 is 5.32 Å². The van der Waals surface area contributed by atoms with Crippen molar-refractivity contribution in [1.29, 1.82) is 0 Å². The number of nitrogens with zero attached hydrogens (tertiary/aromatic N) is 1. The van der Waals surface area contributed by atoms with Crippen LogP contribution in [-0.4, -0.2) is 47.7 Å². The van der Waals surface area contributed by atoms with E-state index in [1.54, 1.807) is 7.05 Å². The van der Waals surface area contributed by atoms with Gasteiger partial charge in [0.05, 0.1) is 0 Å². The van der Waals surface area contributed by atoms with Crippen molar-refractivity contribution in [1.82, 2.24) is 10.2 Å². The first-order valence-electron chi connectivity index (χ1n) is 8.53. The van der Waals surface area contributed by atoms with E-state index in [1.807, 2.05) is 6.92 Å². The standard InChI is InChI=1S/C17H36N2O2/c1-7-15(8-2)19(13-14(4)5)12-10-11-17(9-3,18-6)16(20)21/h14-15,18H,7-13H2,1-6H3,(H,20,21). The molecule has 0 saturated heterocycles. The number of nitrogens with one attached hydrogen (secondary N) is 1. The summed E-state index contributed by atoms with van der Waals surface area (Å²) in [5.41, 5.74) is -0.766. The van der Waals surface area contributed by atoms with Gasteiger partial charge in [-0.2, -0.15) is 0 Å². The van der Waals surface area contributed by atoms with Gasteiger partial charge in [0.25, 0.3) is 0 Å². The van der Waals surface area contributed by atoms with Gasteiger partial charge in [-0.25, -0.2) is 0 Å². The van der Waals surface area contributed by atoms with Crippen molar-refractivity contribution in [2.75, 3.05) is 20.1 Å². The number of aliphatic carboxylic acids is 1. The molecular weight excluding hydrogens is 264 g/mol. The third-order valence-electron chi connectivity index (χ3n) is 4.60. The van der Waals surface area contributed by atoms with E-state index in [2.05, 4.69) is 37.9 Å². The zero-order valence-electron chi connectivity index (χ0n) is 14.9. The molecule has 4 nitrogen and oxygen atoms in total. The Morgan fingerprint density at radius 1 is 1.24 bits per heavy atom. The van der Waals surface area contributed by atoms with E-state index in [9.17, 15) is 9.90 Å². The average molecular weight is 300 g/mol. The number of hydrogen-bond donors (Lipinski definition) is 2. The van der Waals surface area contributed by atoms with Gasteiger partial charge in [-0.15, -0.1) is 0 Å². The normalized spacial score (nSPS) is 14.9. The molecule has 0 aliphatic carbocycles. The Kier molecular flexibility index (Phi) is 9.88. The Hall–Kier alpha value is -0.610. The van der Waals surface area contributed by atoms with E-state index in [0.29, 0.717) is 24.8 Å². The maximum Gasteiger partial charge on any atom is 0.323 e.